The first kappa shape index (κ1) is 28.4. The second-order valence-electron chi connectivity index (χ2n) is 10.7. The molecule has 214 valence electrons. The Kier molecular flexibility index (Phi) is 8.75. The third-order valence-corrected chi connectivity index (χ3v) is 7.59. The van der Waals surface area contributed by atoms with Crippen molar-refractivity contribution in [2.75, 3.05) is 9.91 Å². The van der Waals surface area contributed by atoms with Crippen molar-refractivity contribution in [3.8, 4) is 0 Å². The van der Waals surface area contributed by atoms with Gasteiger partial charge in [0.2, 0.25) is 0 Å². The van der Waals surface area contributed by atoms with E-state index in [1.807, 2.05) is 23.4 Å². The number of hydrogen-bond acceptors (Lipinski definition) is 3. The molecule has 0 unspecified atom stereocenters. The first-order valence-electron chi connectivity index (χ1n) is 14.9. The second kappa shape index (κ2) is 13.5. The van der Waals surface area contributed by atoms with Crippen molar-refractivity contribution in [3.63, 3.8) is 0 Å². The van der Waals surface area contributed by atoms with Crippen molar-refractivity contribution in [3.05, 3.63) is 186 Å². The van der Waals surface area contributed by atoms with Gasteiger partial charge >= 0.3 is 0 Å². The molecule has 6 rings (SSSR count). The van der Waals surface area contributed by atoms with Crippen molar-refractivity contribution in [2.24, 2.45) is 5.10 Å². The quantitative estimate of drug-likeness (QED) is 0.0980. The largest absolute Gasteiger partial charge is 0.311 e. The first-order valence-corrected chi connectivity index (χ1v) is 14.9. The van der Waals surface area contributed by atoms with Crippen molar-refractivity contribution in [1.82, 2.24) is 0 Å². The molecule has 0 bridgehead atoms. The first-order chi connectivity index (χ1) is 21.7. The summed E-state index contributed by atoms with van der Waals surface area (Å²) in [5.74, 6) is 0. The van der Waals surface area contributed by atoms with Gasteiger partial charge in [0.25, 0.3) is 0 Å². The number of hydrazone groups is 1. The number of anilines is 5. The Morgan fingerprint density at radius 3 is 1.27 bits per heavy atom. The number of benzene rings is 6. The van der Waals surface area contributed by atoms with Crippen LogP contribution in [0.1, 0.15) is 27.8 Å². The fourth-order valence-corrected chi connectivity index (χ4v) is 5.20. The molecule has 0 radical (unpaired) electrons. The Morgan fingerprint density at radius 2 is 0.795 bits per heavy atom. The number of nitrogens with zero attached hydrogens (tertiary/aromatic N) is 3. The molecule has 0 aromatic heterocycles. The molecular formula is C41H35N3. The maximum absolute atomic E-state index is 4.93. The molecule has 3 nitrogen and oxygen atoms in total. The van der Waals surface area contributed by atoms with E-state index < -0.39 is 0 Å². The predicted octanol–water partition coefficient (Wildman–Crippen LogP) is 11.1. The van der Waals surface area contributed by atoms with Gasteiger partial charge in [-0.1, -0.05) is 121 Å². The Morgan fingerprint density at radius 1 is 0.409 bits per heavy atom. The van der Waals surface area contributed by atoms with Gasteiger partial charge in [-0.15, -0.1) is 0 Å². The second-order valence-corrected chi connectivity index (χ2v) is 10.7. The highest BCUT2D eigenvalue weighted by Crippen LogP contribution is 2.34. The smallest absolute Gasteiger partial charge is 0.0681 e. The minimum absolute atomic E-state index is 1.04. The van der Waals surface area contributed by atoms with Crippen LogP contribution in [0.4, 0.5) is 28.4 Å². The molecule has 0 fully saturated rings. The third kappa shape index (κ3) is 6.69. The average Bonchev–Trinajstić information content (AvgIpc) is 3.07. The van der Waals surface area contributed by atoms with Gasteiger partial charge < -0.3 is 4.90 Å². The maximum Gasteiger partial charge on any atom is 0.0681 e. The highest BCUT2D eigenvalue weighted by molar-refractivity contribution is 5.83. The Labute approximate surface area is 260 Å². The molecule has 0 atom stereocenters. The number of rotatable bonds is 9. The molecule has 0 spiro atoms. The molecule has 0 saturated carbocycles. The van der Waals surface area contributed by atoms with Crippen LogP contribution in [0.2, 0.25) is 0 Å². The van der Waals surface area contributed by atoms with Crippen LogP contribution in [-0.4, -0.2) is 6.21 Å². The number of hydrogen-bond donors (Lipinski definition) is 0. The lowest BCUT2D eigenvalue weighted by atomic mass is 10.1. The fourth-order valence-electron chi connectivity index (χ4n) is 5.20. The van der Waals surface area contributed by atoms with Crippen LogP contribution in [0, 0.1) is 13.8 Å². The van der Waals surface area contributed by atoms with Crippen molar-refractivity contribution < 1.29 is 0 Å². The Balaban J connectivity index is 1.18. The summed E-state index contributed by atoms with van der Waals surface area (Å²) < 4.78 is 0. The monoisotopic (exact) mass is 569 g/mol. The van der Waals surface area contributed by atoms with E-state index in [1.54, 1.807) is 0 Å². The van der Waals surface area contributed by atoms with Gasteiger partial charge in [0.05, 0.1) is 17.6 Å². The van der Waals surface area contributed by atoms with Crippen LogP contribution < -0.4 is 9.91 Å². The molecule has 6 aromatic rings. The lowest BCUT2D eigenvalue weighted by Gasteiger charge is -2.25. The van der Waals surface area contributed by atoms with E-state index in [9.17, 15) is 0 Å². The lowest BCUT2D eigenvalue weighted by molar-refractivity contribution is 1.07. The zero-order chi connectivity index (χ0) is 30.1. The summed E-state index contributed by atoms with van der Waals surface area (Å²) in [4.78, 5) is 2.27. The summed E-state index contributed by atoms with van der Waals surface area (Å²) in [6, 6.07) is 54.8. The normalized spacial score (nSPS) is 11.2. The number of para-hydroxylation sites is 4. The van der Waals surface area contributed by atoms with Crippen LogP contribution in [-0.2, 0) is 0 Å². The number of aryl methyl sites for hydroxylation is 2. The fraction of sp³-hybridized carbons (Fsp3) is 0.0488. The summed E-state index contributed by atoms with van der Waals surface area (Å²) >= 11 is 0. The van der Waals surface area contributed by atoms with Gasteiger partial charge in [-0.25, -0.2) is 5.01 Å². The molecule has 0 N–H and O–H groups in total. The standard InChI is InChI=1S/C41H35N3/c1-32-13-9-11-19-40(32)44(41-20-12-10-14-33(41)2)42-31-36-25-23-34(24-26-36)21-22-35-27-29-39(30-28-35)43(37-15-5-3-6-16-37)38-17-7-4-8-18-38/h3-31H,1-2H3. The summed E-state index contributed by atoms with van der Waals surface area (Å²) in [6.07, 6.45) is 6.23. The predicted molar refractivity (Wildman–Crippen MR) is 189 cm³/mol. The SMILES string of the molecule is Cc1ccccc1N(N=Cc1ccc(C=Cc2ccc(N(c3ccccc3)c3ccccc3)cc2)cc1)c1ccccc1C. The molecule has 3 heteroatoms. The molecule has 0 aliphatic heterocycles. The van der Waals surface area contributed by atoms with E-state index >= 15 is 0 Å². The van der Waals surface area contributed by atoms with Crippen molar-refractivity contribution in [2.45, 2.75) is 13.8 Å². The molecule has 0 amide bonds. The van der Waals surface area contributed by atoms with E-state index in [0.717, 1.165) is 45.1 Å². The highest BCUT2D eigenvalue weighted by Gasteiger charge is 2.13. The molecule has 0 saturated heterocycles. The third-order valence-electron chi connectivity index (χ3n) is 7.59. The van der Waals surface area contributed by atoms with Crippen molar-refractivity contribution in [1.29, 1.82) is 0 Å². The van der Waals surface area contributed by atoms with Crippen LogP contribution in [0.15, 0.2) is 163 Å². The minimum Gasteiger partial charge on any atom is -0.311 e. The highest BCUT2D eigenvalue weighted by atomic mass is 15.5. The zero-order valence-electron chi connectivity index (χ0n) is 25.1. The van der Waals surface area contributed by atoms with E-state index in [2.05, 4.69) is 176 Å². The molecule has 44 heavy (non-hydrogen) atoms. The summed E-state index contributed by atoms with van der Waals surface area (Å²) in [5, 5.41) is 6.96. The van der Waals surface area contributed by atoms with E-state index in [1.165, 1.54) is 11.1 Å². The summed E-state index contributed by atoms with van der Waals surface area (Å²) in [6.45, 7) is 4.24. The topological polar surface area (TPSA) is 18.8 Å². The summed E-state index contributed by atoms with van der Waals surface area (Å²) in [5.41, 5.74) is 11.2. The van der Waals surface area contributed by atoms with Gasteiger partial charge in [-0.2, -0.15) is 5.10 Å². The van der Waals surface area contributed by atoms with Gasteiger partial charge in [0.1, 0.15) is 0 Å². The minimum atomic E-state index is 1.04. The van der Waals surface area contributed by atoms with Crippen molar-refractivity contribution >= 4 is 46.8 Å². The van der Waals surface area contributed by atoms with E-state index in [-0.39, 0.29) is 0 Å². The molecule has 0 heterocycles. The maximum atomic E-state index is 4.93. The van der Waals surface area contributed by atoms with Crippen LogP contribution in [0.3, 0.4) is 0 Å². The molecule has 0 aliphatic rings. The molecular weight excluding hydrogens is 534 g/mol. The van der Waals surface area contributed by atoms with Gasteiger partial charge in [0, 0.05) is 17.1 Å². The lowest BCUT2D eigenvalue weighted by Crippen LogP contribution is -2.12. The Hall–Kier alpha value is -5.67. The Bertz CT molecular complexity index is 1770. The summed E-state index contributed by atoms with van der Waals surface area (Å²) in [7, 11) is 0. The van der Waals surface area contributed by atoms with Crippen LogP contribution in [0.5, 0.6) is 0 Å². The molecule has 0 aliphatic carbocycles. The van der Waals surface area contributed by atoms with Crippen LogP contribution in [0.25, 0.3) is 12.2 Å². The molecule has 6 aromatic carbocycles. The average molecular weight is 570 g/mol. The van der Waals surface area contributed by atoms with E-state index in [4.69, 9.17) is 5.10 Å². The van der Waals surface area contributed by atoms with Gasteiger partial charge in [0.15, 0.2) is 0 Å². The van der Waals surface area contributed by atoms with Gasteiger partial charge in [-0.3, -0.25) is 0 Å². The zero-order valence-corrected chi connectivity index (χ0v) is 25.1. The van der Waals surface area contributed by atoms with Crippen LogP contribution >= 0.6 is 0 Å². The van der Waals surface area contributed by atoms with E-state index in [0.29, 0.717) is 0 Å². The van der Waals surface area contributed by atoms with Gasteiger partial charge in [-0.05, 0) is 90.2 Å².